The van der Waals surface area contributed by atoms with Crippen LogP contribution in [0.25, 0.3) is 0 Å². The highest BCUT2D eigenvalue weighted by molar-refractivity contribution is 7.45. The van der Waals surface area contributed by atoms with Gasteiger partial charge in [0.15, 0.2) is 0 Å². The van der Waals surface area contributed by atoms with Gasteiger partial charge in [-0.1, -0.05) is 154 Å². The smallest absolute Gasteiger partial charge is 0.268 e. The number of carbonyl (C=O) groups is 1. The topological polar surface area (TPSA) is 108 Å². The summed E-state index contributed by atoms with van der Waals surface area (Å²) in [7, 11) is 1.30. The zero-order valence-electron chi connectivity index (χ0n) is 33.4. The number of phosphoric ester groups is 1. The van der Waals surface area contributed by atoms with E-state index in [1.54, 1.807) is 0 Å². The standard InChI is InChI=1S/C41H81N2O6P/c1-6-8-10-12-14-16-18-19-20-21-22-23-24-25-27-29-31-33-35-41(45)42-39(38-49-50(46,47)48-37-36-43(3,4)5)40(44)34-32-30-28-26-17-15-13-11-9-7-2/h16,18,20-21,39-40,44H,6-15,17,19,22-38H2,1-5H3,(H-,42,45,46,47)/b18-16-,21-20-. The highest BCUT2D eigenvalue weighted by Gasteiger charge is 2.24. The number of nitrogens with zero attached hydrogens (tertiary/aromatic N) is 1. The van der Waals surface area contributed by atoms with Crippen molar-refractivity contribution >= 4 is 13.7 Å². The molecule has 0 saturated carbocycles. The van der Waals surface area contributed by atoms with E-state index in [1.165, 1.54) is 103 Å². The third kappa shape index (κ3) is 35.4. The molecule has 0 aromatic heterocycles. The Morgan fingerprint density at radius 3 is 1.68 bits per heavy atom. The molecule has 8 nitrogen and oxygen atoms in total. The fourth-order valence-electron chi connectivity index (χ4n) is 5.83. The molecule has 0 radical (unpaired) electrons. The normalized spacial score (nSPS) is 14.8. The Balaban J connectivity index is 4.37. The molecule has 0 fully saturated rings. The molecule has 2 N–H and O–H groups in total. The number of carbonyl (C=O) groups excluding carboxylic acids is 1. The molecule has 50 heavy (non-hydrogen) atoms. The Bertz CT molecular complexity index is 876. The van der Waals surface area contributed by atoms with Crippen LogP contribution in [0.1, 0.15) is 181 Å². The van der Waals surface area contributed by atoms with Crippen LogP contribution in [0.5, 0.6) is 0 Å². The van der Waals surface area contributed by atoms with Crippen molar-refractivity contribution in [1.29, 1.82) is 0 Å². The first-order valence-electron chi connectivity index (χ1n) is 20.7. The van der Waals surface area contributed by atoms with Crippen LogP contribution in [-0.4, -0.2) is 68.5 Å². The lowest BCUT2D eigenvalue weighted by Gasteiger charge is -2.30. The molecule has 0 aliphatic heterocycles. The molecule has 0 aromatic rings. The van der Waals surface area contributed by atoms with Gasteiger partial charge in [0.05, 0.1) is 39.9 Å². The molecule has 0 aliphatic rings. The van der Waals surface area contributed by atoms with Crippen LogP contribution < -0.4 is 10.2 Å². The number of allylic oxidation sites excluding steroid dienone is 4. The second-order valence-corrected chi connectivity index (χ2v) is 16.8. The van der Waals surface area contributed by atoms with Gasteiger partial charge in [0.2, 0.25) is 5.91 Å². The molecular weight excluding hydrogens is 647 g/mol. The van der Waals surface area contributed by atoms with Gasteiger partial charge in [-0.2, -0.15) is 0 Å². The van der Waals surface area contributed by atoms with E-state index in [0.717, 1.165) is 51.4 Å². The van der Waals surface area contributed by atoms with Crippen LogP contribution in [-0.2, 0) is 18.4 Å². The highest BCUT2D eigenvalue weighted by atomic mass is 31.2. The fraction of sp³-hybridized carbons (Fsp3) is 0.878. The van der Waals surface area contributed by atoms with Crippen molar-refractivity contribution in [2.75, 3.05) is 40.9 Å². The molecule has 3 unspecified atom stereocenters. The molecule has 0 spiro atoms. The number of hydrogen-bond acceptors (Lipinski definition) is 6. The molecule has 0 heterocycles. The molecule has 0 saturated heterocycles. The SMILES string of the molecule is CCCCCC/C=C\C/C=C\CCCCCCCCCC(=O)NC(COP(=O)([O-])OCC[N+](C)(C)C)C(O)CCCCCCCCCCCC. The van der Waals surface area contributed by atoms with E-state index >= 15 is 0 Å². The number of aliphatic hydroxyl groups is 1. The number of amides is 1. The Kier molecular flexibility index (Phi) is 33.1. The predicted octanol–water partition coefficient (Wildman–Crippen LogP) is 10.3. The van der Waals surface area contributed by atoms with E-state index in [1.807, 2.05) is 21.1 Å². The van der Waals surface area contributed by atoms with Gasteiger partial charge in [0, 0.05) is 6.42 Å². The van der Waals surface area contributed by atoms with Crippen molar-refractivity contribution in [3.63, 3.8) is 0 Å². The third-order valence-electron chi connectivity index (χ3n) is 9.19. The minimum absolute atomic E-state index is 0.0106. The number of nitrogens with one attached hydrogen (secondary N) is 1. The summed E-state index contributed by atoms with van der Waals surface area (Å²) in [5, 5.41) is 13.8. The molecule has 0 bridgehead atoms. The van der Waals surface area contributed by atoms with Crippen molar-refractivity contribution < 1.29 is 32.9 Å². The number of likely N-dealkylation sites (N-methyl/N-ethyl adjacent to an activating group) is 1. The summed E-state index contributed by atoms with van der Waals surface area (Å²) in [4.78, 5) is 25.2. The van der Waals surface area contributed by atoms with Crippen molar-refractivity contribution in [3.8, 4) is 0 Å². The summed E-state index contributed by atoms with van der Waals surface area (Å²) >= 11 is 0. The second-order valence-electron chi connectivity index (χ2n) is 15.3. The van der Waals surface area contributed by atoms with Crippen molar-refractivity contribution in [2.24, 2.45) is 0 Å². The van der Waals surface area contributed by atoms with Gasteiger partial charge in [-0.25, -0.2) is 0 Å². The number of aliphatic hydroxyl groups excluding tert-OH is 1. The van der Waals surface area contributed by atoms with E-state index in [-0.39, 0.29) is 19.1 Å². The summed E-state index contributed by atoms with van der Waals surface area (Å²) in [6.45, 7) is 4.67. The lowest BCUT2D eigenvalue weighted by atomic mass is 10.0. The first-order valence-corrected chi connectivity index (χ1v) is 22.1. The van der Waals surface area contributed by atoms with Crippen molar-refractivity contribution in [3.05, 3.63) is 24.3 Å². The molecule has 0 aromatic carbocycles. The highest BCUT2D eigenvalue weighted by Crippen LogP contribution is 2.38. The quantitative estimate of drug-likeness (QED) is 0.0285. The maximum Gasteiger partial charge on any atom is 0.268 e. The zero-order chi connectivity index (χ0) is 37.2. The molecule has 9 heteroatoms. The zero-order valence-corrected chi connectivity index (χ0v) is 34.2. The second kappa shape index (κ2) is 33.8. The molecule has 0 aliphatic carbocycles. The Hall–Kier alpha value is -1.02. The number of quaternary nitrogens is 1. The van der Waals surface area contributed by atoms with Crippen molar-refractivity contribution in [1.82, 2.24) is 5.32 Å². The van der Waals surface area contributed by atoms with E-state index in [4.69, 9.17) is 9.05 Å². The fourth-order valence-corrected chi connectivity index (χ4v) is 6.56. The predicted molar refractivity (Wildman–Crippen MR) is 210 cm³/mol. The summed E-state index contributed by atoms with van der Waals surface area (Å²) in [6.07, 6.45) is 37.5. The van der Waals surface area contributed by atoms with Gasteiger partial charge >= 0.3 is 0 Å². The largest absolute Gasteiger partial charge is 0.756 e. The van der Waals surface area contributed by atoms with Crippen LogP contribution in [0, 0.1) is 0 Å². The number of unbranched alkanes of at least 4 members (excludes halogenated alkanes) is 20. The Morgan fingerprint density at radius 2 is 1.16 bits per heavy atom. The Morgan fingerprint density at radius 1 is 0.700 bits per heavy atom. The molecule has 0 rings (SSSR count). The number of hydrogen-bond donors (Lipinski definition) is 2. The molecule has 1 amide bonds. The molecule has 296 valence electrons. The van der Waals surface area contributed by atoms with E-state index in [2.05, 4.69) is 43.5 Å². The van der Waals surface area contributed by atoms with E-state index < -0.39 is 20.0 Å². The molecular formula is C41H81N2O6P. The van der Waals surface area contributed by atoms with Gasteiger partial charge < -0.3 is 28.8 Å². The average molecular weight is 729 g/mol. The van der Waals surface area contributed by atoms with Gasteiger partial charge in [-0.3, -0.25) is 9.36 Å². The lowest BCUT2D eigenvalue weighted by Crippen LogP contribution is -2.46. The monoisotopic (exact) mass is 729 g/mol. The summed E-state index contributed by atoms with van der Waals surface area (Å²) in [5.74, 6) is -0.175. The first kappa shape index (κ1) is 49.0. The summed E-state index contributed by atoms with van der Waals surface area (Å²) in [6, 6.07) is -0.800. The van der Waals surface area contributed by atoms with Crippen LogP contribution in [0.2, 0.25) is 0 Å². The minimum Gasteiger partial charge on any atom is -0.756 e. The lowest BCUT2D eigenvalue weighted by molar-refractivity contribution is -0.870. The van der Waals surface area contributed by atoms with Crippen LogP contribution in [0.3, 0.4) is 0 Å². The maximum absolute atomic E-state index is 12.8. The van der Waals surface area contributed by atoms with Crippen LogP contribution in [0.15, 0.2) is 24.3 Å². The van der Waals surface area contributed by atoms with Crippen LogP contribution in [0.4, 0.5) is 0 Å². The third-order valence-corrected chi connectivity index (χ3v) is 10.2. The van der Waals surface area contributed by atoms with E-state index in [0.29, 0.717) is 23.9 Å². The number of phosphoric acid groups is 1. The Labute approximate surface area is 309 Å². The maximum atomic E-state index is 12.8. The van der Waals surface area contributed by atoms with Crippen LogP contribution >= 0.6 is 7.82 Å². The minimum atomic E-state index is -4.56. The van der Waals surface area contributed by atoms with E-state index in [9.17, 15) is 19.4 Å². The molecule has 3 atom stereocenters. The van der Waals surface area contributed by atoms with Crippen molar-refractivity contribution in [2.45, 2.75) is 193 Å². The van der Waals surface area contributed by atoms with Gasteiger partial charge in [-0.15, -0.1) is 0 Å². The van der Waals surface area contributed by atoms with Gasteiger partial charge in [0.25, 0.3) is 7.82 Å². The summed E-state index contributed by atoms with van der Waals surface area (Å²) < 4.78 is 23.2. The number of rotatable bonds is 37. The average Bonchev–Trinajstić information content (AvgIpc) is 3.06. The van der Waals surface area contributed by atoms with Gasteiger partial charge in [-0.05, 0) is 44.9 Å². The van der Waals surface area contributed by atoms with Gasteiger partial charge in [0.1, 0.15) is 13.2 Å². The first-order chi connectivity index (χ1) is 24.0. The summed E-state index contributed by atoms with van der Waals surface area (Å²) in [5.41, 5.74) is 0.